The predicted octanol–water partition coefficient (Wildman–Crippen LogP) is 11.7. The van der Waals surface area contributed by atoms with Crippen molar-refractivity contribution in [2.45, 2.75) is 32.1 Å². The smallest absolute Gasteiger partial charge is 0.101 e. The number of fused-ring (bicyclic) bond motifs is 10. The zero-order valence-electron chi connectivity index (χ0n) is 28.1. The highest BCUT2D eigenvalue weighted by Gasteiger charge is 2.31. The molecule has 2 aromatic heterocycles. The van der Waals surface area contributed by atoms with Gasteiger partial charge in [0, 0.05) is 60.0 Å². The van der Waals surface area contributed by atoms with Gasteiger partial charge in [-0.25, -0.2) is 0 Å². The van der Waals surface area contributed by atoms with Crippen LogP contribution >= 0.6 is 11.3 Å². The number of nitrogens with zero attached hydrogens (tertiary/aromatic N) is 4. The van der Waals surface area contributed by atoms with Gasteiger partial charge >= 0.3 is 0 Å². The quantitative estimate of drug-likeness (QED) is 0.188. The van der Waals surface area contributed by atoms with E-state index in [2.05, 4.69) is 144 Å². The molecule has 0 N–H and O–H groups in total. The molecule has 3 heterocycles. The van der Waals surface area contributed by atoms with Crippen LogP contribution < -0.4 is 4.90 Å². The summed E-state index contributed by atoms with van der Waals surface area (Å²) in [4.78, 5) is 3.85. The van der Waals surface area contributed by atoms with Crippen LogP contribution in [-0.2, 0) is 12.8 Å². The molecule has 0 saturated carbocycles. The molecule has 0 fully saturated rings. The Hall–Kier alpha value is -6.14. The fourth-order valence-corrected chi connectivity index (χ4v) is 9.97. The van der Waals surface area contributed by atoms with Crippen molar-refractivity contribution in [1.29, 1.82) is 10.5 Å². The van der Waals surface area contributed by atoms with E-state index in [1.54, 1.807) is 6.07 Å². The number of aryl methyl sites for hydroxylation is 1. The summed E-state index contributed by atoms with van der Waals surface area (Å²) in [5.74, 6) is 0.546. The van der Waals surface area contributed by atoms with Gasteiger partial charge in [-0.1, -0.05) is 85.9 Å². The molecule has 1 aliphatic heterocycles. The Kier molecular flexibility index (Phi) is 6.68. The van der Waals surface area contributed by atoms with Gasteiger partial charge in [-0.05, 0) is 84.9 Å². The Morgan fingerprint density at radius 3 is 2.67 bits per heavy atom. The summed E-state index contributed by atoms with van der Waals surface area (Å²) in [6.45, 7) is 2.23. The van der Waals surface area contributed by atoms with Crippen LogP contribution in [0.2, 0.25) is 0 Å². The molecule has 5 heteroatoms. The third-order valence-corrected chi connectivity index (χ3v) is 12.1. The van der Waals surface area contributed by atoms with Crippen molar-refractivity contribution >= 4 is 55.9 Å². The topological polar surface area (TPSA) is 55.8 Å². The van der Waals surface area contributed by atoms with Crippen molar-refractivity contribution in [3.8, 4) is 29.0 Å². The van der Waals surface area contributed by atoms with Gasteiger partial charge < -0.3 is 9.47 Å². The minimum atomic E-state index is 0.180. The maximum absolute atomic E-state index is 10.7. The number of nitriles is 2. The summed E-state index contributed by atoms with van der Waals surface area (Å²) in [6, 6.07) is 30.2. The first-order valence-electron chi connectivity index (χ1n) is 17.6. The van der Waals surface area contributed by atoms with E-state index in [1.165, 1.54) is 48.4 Å². The monoisotopic (exact) mass is 672 g/mol. The zero-order chi connectivity index (χ0) is 34.2. The van der Waals surface area contributed by atoms with E-state index in [1.807, 2.05) is 17.4 Å². The molecule has 0 spiro atoms. The molecule has 2 atom stereocenters. The van der Waals surface area contributed by atoms with Crippen LogP contribution in [0.4, 0.5) is 11.4 Å². The molecule has 0 amide bonds. The van der Waals surface area contributed by atoms with Crippen LogP contribution in [0, 0.1) is 28.6 Å². The van der Waals surface area contributed by atoms with Gasteiger partial charge in [0.2, 0.25) is 0 Å². The molecule has 0 saturated heterocycles. The molecule has 2 bridgehead atoms. The van der Waals surface area contributed by atoms with E-state index in [0.29, 0.717) is 17.0 Å². The molecule has 51 heavy (non-hydrogen) atoms. The number of para-hydroxylation sites is 1. The SMILES string of the molecule is CC1C=Cc2c(n(-c3c(C#N)cc(C#N)cc3-c3cccc(N4C5=CC(C=CC=C5)c5c4ccc4c6c(sc54)CCC=C6)c3)c3ccccc23)C1. The van der Waals surface area contributed by atoms with E-state index in [-0.39, 0.29) is 5.92 Å². The molecule has 0 radical (unpaired) electrons. The van der Waals surface area contributed by atoms with E-state index in [9.17, 15) is 10.5 Å². The second-order valence-electron chi connectivity index (χ2n) is 13.9. The van der Waals surface area contributed by atoms with E-state index in [0.717, 1.165) is 53.0 Å². The molecule has 4 nitrogen and oxygen atoms in total. The molecule has 10 rings (SSSR count). The van der Waals surface area contributed by atoms with Gasteiger partial charge in [0.05, 0.1) is 34.1 Å². The number of anilines is 2. The number of aromatic nitrogens is 1. The number of hydrogen-bond donors (Lipinski definition) is 0. The first-order chi connectivity index (χ1) is 25.1. The highest BCUT2D eigenvalue weighted by Crippen LogP contribution is 2.50. The molecular weight excluding hydrogens is 641 g/mol. The molecule has 4 aliphatic rings. The highest BCUT2D eigenvalue weighted by molar-refractivity contribution is 7.19. The molecule has 242 valence electrons. The minimum absolute atomic E-state index is 0.180. The van der Waals surface area contributed by atoms with Crippen molar-refractivity contribution in [3.05, 3.63) is 159 Å². The van der Waals surface area contributed by atoms with E-state index >= 15 is 0 Å². The lowest BCUT2D eigenvalue weighted by molar-refractivity contribution is 0.690. The van der Waals surface area contributed by atoms with E-state index < -0.39 is 0 Å². The maximum atomic E-state index is 10.7. The van der Waals surface area contributed by atoms with Crippen LogP contribution in [-0.4, -0.2) is 4.57 Å². The maximum Gasteiger partial charge on any atom is 0.101 e. The lowest BCUT2D eigenvalue weighted by Gasteiger charge is -2.34. The van der Waals surface area contributed by atoms with Crippen molar-refractivity contribution < 1.29 is 0 Å². The van der Waals surface area contributed by atoms with Crippen molar-refractivity contribution in [2.75, 3.05) is 4.90 Å². The predicted molar refractivity (Wildman–Crippen MR) is 210 cm³/mol. The fraction of sp³-hybridized carbons (Fsp3) is 0.130. The summed E-state index contributed by atoms with van der Waals surface area (Å²) in [7, 11) is 0. The van der Waals surface area contributed by atoms with Gasteiger partial charge in [0.25, 0.3) is 0 Å². The lowest BCUT2D eigenvalue weighted by Crippen LogP contribution is -2.21. The largest absolute Gasteiger partial charge is 0.311 e. The number of benzene rings is 4. The average molecular weight is 673 g/mol. The molecule has 4 aromatic carbocycles. The molecule has 6 aromatic rings. The summed E-state index contributed by atoms with van der Waals surface area (Å²) in [5.41, 5.74) is 13.2. The first kappa shape index (κ1) is 29.7. The summed E-state index contributed by atoms with van der Waals surface area (Å²) >= 11 is 1.95. The molecule has 2 unspecified atom stereocenters. The summed E-state index contributed by atoms with van der Waals surface area (Å²) < 4.78 is 3.66. The third-order valence-electron chi connectivity index (χ3n) is 10.8. The summed E-state index contributed by atoms with van der Waals surface area (Å²) in [5, 5.41) is 23.3. The number of allylic oxidation sites excluding steroid dienone is 7. The Bertz CT molecular complexity index is 2730. The first-order valence-corrected chi connectivity index (χ1v) is 18.4. The molecular formula is C46H32N4S. The minimum Gasteiger partial charge on any atom is -0.311 e. The van der Waals surface area contributed by atoms with Crippen molar-refractivity contribution in [3.63, 3.8) is 0 Å². The second kappa shape index (κ2) is 11.5. The average Bonchev–Trinajstić information content (AvgIpc) is 3.62. The van der Waals surface area contributed by atoms with Crippen LogP contribution in [0.1, 0.15) is 57.7 Å². The van der Waals surface area contributed by atoms with Crippen molar-refractivity contribution in [2.24, 2.45) is 5.92 Å². The van der Waals surface area contributed by atoms with Crippen molar-refractivity contribution in [1.82, 2.24) is 4.57 Å². The van der Waals surface area contributed by atoms with E-state index in [4.69, 9.17) is 0 Å². The standard InChI is InChI=1S/C46H32N4S/c1-28-17-18-36-35-13-4-6-15-40(35)50(42(36)21-28)45-32(27-48)22-29(26-47)23-39(45)30-10-8-12-34(24-30)49-33-11-3-2-9-31(25-33)44-41(49)20-19-38-37-14-5-7-16-43(37)51-46(38)44/h2-6,8-15,17-20,22-25,28,31H,7,16,21H2,1H3. The van der Waals surface area contributed by atoms with Gasteiger partial charge in [0.1, 0.15) is 6.07 Å². The number of hydrogen-bond acceptors (Lipinski definition) is 4. The van der Waals surface area contributed by atoms with Crippen LogP contribution in [0.25, 0.3) is 50.0 Å². The second-order valence-corrected chi connectivity index (χ2v) is 15.0. The fourth-order valence-electron chi connectivity index (χ4n) is 8.58. The summed E-state index contributed by atoms with van der Waals surface area (Å²) in [6.07, 6.45) is 23.4. The van der Waals surface area contributed by atoms with Crippen LogP contribution in [0.3, 0.4) is 0 Å². The van der Waals surface area contributed by atoms with Gasteiger partial charge in [0.15, 0.2) is 0 Å². The van der Waals surface area contributed by atoms with Crippen LogP contribution in [0.5, 0.6) is 0 Å². The Labute approximate surface area is 301 Å². The molecule has 3 aliphatic carbocycles. The van der Waals surface area contributed by atoms with Gasteiger partial charge in [-0.15, -0.1) is 11.3 Å². The van der Waals surface area contributed by atoms with Gasteiger partial charge in [-0.2, -0.15) is 10.5 Å². The zero-order valence-corrected chi connectivity index (χ0v) is 28.9. The van der Waals surface area contributed by atoms with Crippen LogP contribution in [0.15, 0.2) is 121 Å². The number of thiophene rings is 1. The normalized spacial score (nSPS) is 18.2. The Balaban J connectivity index is 1.20. The number of rotatable bonds is 3. The Morgan fingerprint density at radius 1 is 0.843 bits per heavy atom. The third kappa shape index (κ3) is 4.49. The van der Waals surface area contributed by atoms with Gasteiger partial charge in [-0.3, -0.25) is 0 Å². The lowest BCUT2D eigenvalue weighted by atomic mass is 9.89. The Morgan fingerprint density at radius 2 is 1.76 bits per heavy atom. The highest BCUT2D eigenvalue weighted by atomic mass is 32.1.